The lowest BCUT2D eigenvalue weighted by molar-refractivity contribution is -0.119. The number of nitrogens with one attached hydrogen (secondary N) is 1. The van der Waals surface area contributed by atoms with Crippen LogP contribution in [0, 0.1) is 0 Å². The quantitative estimate of drug-likeness (QED) is 0.766. The molecule has 25 heavy (non-hydrogen) atoms. The Hall–Kier alpha value is -1.63. The standard InChI is InChI=1S/C17H14BrCl2N3O2/c18-11-4-10(8-21-9-11)17(25)23-3-1-2-15(23)16(24)22-14-6-12(19)5-13(20)7-14/h4-9,15H,1-3H2,(H,22,24). The van der Waals surface area contributed by atoms with Crippen LogP contribution in [0.25, 0.3) is 0 Å². The lowest BCUT2D eigenvalue weighted by Crippen LogP contribution is -2.43. The lowest BCUT2D eigenvalue weighted by Gasteiger charge is -2.24. The summed E-state index contributed by atoms with van der Waals surface area (Å²) in [6, 6.07) is 5.98. The van der Waals surface area contributed by atoms with Crippen LogP contribution in [0.15, 0.2) is 41.1 Å². The summed E-state index contributed by atoms with van der Waals surface area (Å²) in [5.41, 5.74) is 0.950. The van der Waals surface area contributed by atoms with E-state index in [9.17, 15) is 9.59 Å². The van der Waals surface area contributed by atoms with Crippen LogP contribution in [-0.4, -0.2) is 34.3 Å². The normalized spacial score (nSPS) is 16.8. The molecule has 1 fully saturated rings. The van der Waals surface area contributed by atoms with Gasteiger partial charge in [0.05, 0.1) is 5.56 Å². The van der Waals surface area contributed by atoms with Gasteiger partial charge < -0.3 is 10.2 Å². The van der Waals surface area contributed by atoms with Gasteiger partial charge in [0.2, 0.25) is 5.91 Å². The van der Waals surface area contributed by atoms with Crippen molar-refractivity contribution < 1.29 is 9.59 Å². The zero-order valence-electron chi connectivity index (χ0n) is 13.0. The van der Waals surface area contributed by atoms with Crippen LogP contribution in [-0.2, 0) is 4.79 Å². The molecule has 2 amide bonds. The van der Waals surface area contributed by atoms with Gasteiger partial charge in [-0.25, -0.2) is 0 Å². The van der Waals surface area contributed by atoms with Crippen LogP contribution in [0.3, 0.4) is 0 Å². The molecule has 3 rings (SSSR count). The van der Waals surface area contributed by atoms with Crippen molar-refractivity contribution in [1.82, 2.24) is 9.88 Å². The molecule has 0 spiro atoms. The maximum absolute atomic E-state index is 12.7. The number of anilines is 1. The van der Waals surface area contributed by atoms with Crippen LogP contribution >= 0.6 is 39.1 Å². The number of amides is 2. The van der Waals surface area contributed by atoms with E-state index in [2.05, 4.69) is 26.2 Å². The summed E-state index contributed by atoms with van der Waals surface area (Å²) in [5, 5.41) is 3.65. The molecule has 5 nitrogen and oxygen atoms in total. The summed E-state index contributed by atoms with van der Waals surface area (Å²) in [4.78, 5) is 30.9. The highest BCUT2D eigenvalue weighted by Gasteiger charge is 2.34. The Balaban J connectivity index is 1.76. The first-order valence-corrected chi connectivity index (χ1v) is 9.17. The Kier molecular flexibility index (Phi) is 5.61. The first-order valence-electron chi connectivity index (χ1n) is 7.62. The molecule has 2 aromatic rings. The van der Waals surface area contributed by atoms with Crippen LogP contribution in [0.4, 0.5) is 5.69 Å². The summed E-state index contributed by atoms with van der Waals surface area (Å²) in [7, 11) is 0. The highest BCUT2D eigenvalue weighted by molar-refractivity contribution is 9.10. The van der Waals surface area contributed by atoms with Crippen molar-refractivity contribution in [2.24, 2.45) is 0 Å². The van der Waals surface area contributed by atoms with Crippen molar-refractivity contribution in [3.05, 3.63) is 56.7 Å². The molecule has 2 heterocycles. The number of likely N-dealkylation sites (tertiary alicyclic amines) is 1. The van der Waals surface area contributed by atoms with E-state index in [-0.39, 0.29) is 11.8 Å². The first-order chi connectivity index (χ1) is 11.9. The van der Waals surface area contributed by atoms with Crippen molar-refractivity contribution in [2.75, 3.05) is 11.9 Å². The van der Waals surface area contributed by atoms with E-state index in [0.717, 1.165) is 6.42 Å². The number of carbonyl (C=O) groups excluding carboxylic acids is 2. The Morgan fingerprint density at radius 3 is 2.56 bits per heavy atom. The van der Waals surface area contributed by atoms with Gasteiger partial charge in [-0.1, -0.05) is 23.2 Å². The van der Waals surface area contributed by atoms with Crippen molar-refractivity contribution in [2.45, 2.75) is 18.9 Å². The molecule has 0 bridgehead atoms. The number of hydrogen-bond donors (Lipinski definition) is 1. The van der Waals surface area contributed by atoms with Crippen LogP contribution in [0.5, 0.6) is 0 Å². The third-order valence-corrected chi connectivity index (χ3v) is 4.77. The second-order valence-corrected chi connectivity index (χ2v) is 7.48. The summed E-state index contributed by atoms with van der Waals surface area (Å²) in [6.45, 7) is 0.528. The average Bonchev–Trinajstić information content (AvgIpc) is 3.02. The van der Waals surface area contributed by atoms with E-state index in [1.807, 2.05) is 0 Å². The van der Waals surface area contributed by atoms with Gasteiger partial charge in [0.15, 0.2) is 0 Å². The molecule has 0 radical (unpaired) electrons. The molecule has 1 aromatic heterocycles. The molecule has 0 aliphatic carbocycles. The monoisotopic (exact) mass is 441 g/mol. The molecule has 1 aliphatic rings. The predicted octanol–water partition coefficient (Wildman–Crippen LogP) is 4.39. The largest absolute Gasteiger partial charge is 0.327 e. The molecule has 1 atom stereocenters. The number of aromatic nitrogens is 1. The van der Waals surface area contributed by atoms with Gasteiger partial charge in [0, 0.05) is 39.1 Å². The zero-order valence-corrected chi connectivity index (χ0v) is 16.1. The van der Waals surface area contributed by atoms with E-state index in [0.29, 0.717) is 38.7 Å². The van der Waals surface area contributed by atoms with E-state index >= 15 is 0 Å². The van der Waals surface area contributed by atoms with E-state index in [1.54, 1.807) is 35.4 Å². The topological polar surface area (TPSA) is 62.3 Å². The molecule has 1 N–H and O–H groups in total. The number of pyridine rings is 1. The third-order valence-electron chi connectivity index (χ3n) is 3.90. The maximum Gasteiger partial charge on any atom is 0.256 e. The highest BCUT2D eigenvalue weighted by Crippen LogP contribution is 2.25. The van der Waals surface area contributed by atoms with Crippen LogP contribution < -0.4 is 5.32 Å². The first kappa shape index (κ1) is 18.2. The van der Waals surface area contributed by atoms with Crippen LogP contribution in [0.2, 0.25) is 10.0 Å². The van der Waals surface area contributed by atoms with E-state index < -0.39 is 6.04 Å². The number of nitrogens with zero attached hydrogens (tertiary/aromatic N) is 2. The Bertz CT molecular complexity index is 811. The maximum atomic E-state index is 12.7. The Labute approximate surface area is 163 Å². The van der Waals surface area contributed by atoms with Gasteiger partial charge >= 0.3 is 0 Å². The summed E-state index contributed by atoms with van der Waals surface area (Å²) in [6.07, 6.45) is 4.47. The summed E-state index contributed by atoms with van der Waals surface area (Å²) in [5.74, 6) is -0.470. The number of benzene rings is 1. The second kappa shape index (κ2) is 7.72. The molecule has 1 unspecified atom stereocenters. The minimum atomic E-state index is -0.538. The van der Waals surface area contributed by atoms with Gasteiger partial charge in [0.25, 0.3) is 5.91 Å². The fraction of sp³-hybridized carbons (Fsp3) is 0.235. The van der Waals surface area contributed by atoms with Crippen molar-refractivity contribution in [3.8, 4) is 0 Å². The number of halogens is 3. The number of carbonyl (C=O) groups is 2. The second-order valence-electron chi connectivity index (χ2n) is 5.70. The molecule has 0 saturated carbocycles. The summed E-state index contributed by atoms with van der Waals surface area (Å²) < 4.78 is 0.715. The third kappa shape index (κ3) is 4.32. The highest BCUT2D eigenvalue weighted by atomic mass is 79.9. The van der Waals surface area contributed by atoms with Crippen molar-refractivity contribution in [3.63, 3.8) is 0 Å². The molecule has 1 aliphatic heterocycles. The van der Waals surface area contributed by atoms with E-state index in [1.165, 1.54) is 6.20 Å². The number of rotatable bonds is 3. The van der Waals surface area contributed by atoms with Crippen molar-refractivity contribution >= 4 is 56.6 Å². The molecular weight excluding hydrogens is 429 g/mol. The van der Waals surface area contributed by atoms with Gasteiger partial charge in [-0.3, -0.25) is 14.6 Å². The van der Waals surface area contributed by atoms with Gasteiger partial charge in [0.1, 0.15) is 6.04 Å². The van der Waals surface area contributed by atoms with Crippen LogP contribution in [0.1, 0.15) is 23.2 Å². The SMILES string of the molecule is O=C(Nc1cc(Cl)cc(Cl)c1)C1CCCN1C(=O)c1cncc(Br)c1. The minimum Gasteiger partial charge on any atom is -0.327 e. The predicted molar refractivity (Wildman–Crippen MR) is 101 cm³/mol. The fourth-order valence-corrected chi connectivity index (χ4v) is 3.72. The summed E-state index contributed by atoms with van der Waals surface area (Å²) >= 11 is 15.2. The zero-order chi connectivity index (χ0) is 18.0. The van der Waals surface area contributed by atoms with Gasteiger partial charge in [-0.05, 0) is 53.0 Å². The molecule has 1 aromatic carbocycles. The Morgan fingerprint density at radius 1 is 1.16 bits per heavy atom. The fourth-order valence-electron chi connectivity index (χ4n) is 2.83. The molecule has 1 saturated heterocycles. The molecular formula is C17H14BrCl2N3O2. The minimum absolute atomic E-state index is 0.212. The molecule has 8 heteroatoms. The lowest BCUT2D eigenvalue weighted by atomic mass is 10.1. The van der Waals surface area contributed by atoms with E-state index in [4.69, 9.17) is 23.2 Å². The van der Waals surface area contributed by atoms with Crippen molar-refractivity contribution in [1.29, 1.82) is 0 Å². The van der Waals surface area contributed by atoms with Gasteiger partial charge in [-0.2, -0.15) is 0 Å². The Morgan fingerprint density at radius 2 is 1.88 bits per heavy atom. The number of hydrogen-bond acceptors (Lipinski definition) is 3. The molecule has 130 valence electrons. The van der Waals surface area contributed by atoms with Gasteiger partial charge in [-0.15, -0.1) is 0 Å². The smallest absolute Gasteiger partial charge is 0.256 e. The average molecular weight is 443 g/mol.